The standard InChI is InChI=1S/C13H17N3O3/c1-13(11(17)18)6-4-8-16(13)12(19)15-9-10-5-2-3-7-14-10/h2-3,5,7H,4,6,8-9H2,1H3,(H,15,19)(H,17,18). The highest BCUT2D eigenvalue weighted by Crippen LogP contribution is 2.29. The van der Waals surface area contributed by atoms with Gasteiger partial charge >= 0.3 is 12.0 Å². The molecule has 0 aliphatic carbocycles. The Kier molecular flexibility index (Phi) is 3.69. The van der Waals surface area contributed by atoms with E-state index in [0.29, 0.717) is 25.9 Å². The van der Waals surface area contributed by atoms with Gasteiger partial charge in [0.1, 0.15) is 5.54 Å². The fourth-order valence-electron chi connectivity index (χ4n) is 2.28. The molecule has 0 saturated carbocycles. The lowest BCUT2D eigenvalue weighted by atomic mass is 10.00. The number of likely N-dealkylation sites (tertiary alicyclic amines) is 1. The number of amides is 2. The van der Waals surface area contributed by atoms with Crippen LogP contribution in [-0.2, 0) is 11.3 Å². The molecular formula is C13H17N3O3. The molecule has 2 amide bonds. The fraction of sp³-hybridized carbons (Fsp3) is 0.462. The van der Waals surface area contributed by atoms with Crippen molar-refractivity contribution in [1.29, 1.82) is 0 Å². The van der Waals surface area contributed by atoms with Crippen LogP contribution in [0.5, 0.6) is 0 Å². The maximum Gasteiger partial charge on any atom is 0.329 e. The van der Waals surface area contributed by atoms with Crippen molar-refractivity contribution in [1.82, 2.24) is 15.2 Å². The van der Waals surface area contributed by atoms with Gasteiger partial charge in [0.25, 0.3) is 0 Å². The van der Waals surface area contributed by atoms with Crippen molar-refractivity contribution in [3.63, 3.8) is 0 Å². The number of rotatable bonds is 3. The Labute approximate surface area is 111 Å². The zero-order valence-corrected chi connectivity index (χ0v) is 10.8. The quantitative estimate of drug-likeness (QED) is 0.859. The molecule has 1 atom stereocenters. The number of nitrogens with one attached hydrogen (secondary N) is 1. The van der Waals surface area contributed by atoms with Gasteiger partial charge in [0.05, 0.1) is 12.2 Å². The molecule has 2 rings (SSSR count). The predicted molar refractivity (Wildman–Crippen MR) is 68.5 cm³/mol. The average Bonchev–Trinajstić information content (AvgIpc) is 2.81. The lowest BCUT2D eigenvalue weighted by Crippen LogP contribution is -2.53. The van der Waals surface area contributed by atoms with Gasteiger partial charge in [-0.2, -0.15) is 0 Å². The largest absolute Gasteiger partial charge is 0.480 e. The minimum atomic E-state index is -1.10. The third-order valence-corrected chi connectivity index (χ3v) is 3.49. The summed E-state index contributed by atoms with van der Waals surface area (Å²) in [6.07, 6.45) is 2.85. The molecule has 6 nitrogen and oxygen atoms in total. The highest BCUT2D eigenvalue weighted by molar-refractivity contribution is 5.86. The lowest BCUT2D eigenvalue weighted by molar-refractivity contribution is -0.147. The number of pyridine rings is 1. The van der Waals surface area contributed by atoms with E-state index < -0.39 is 11.5 Å². The molecule has 1 aliphatic heterocycles. The molecule has 0 radical (unpaired) electrons. The molecular weight excluding hydrogens is 246 g/mol. The van der Waals surface area contributed by atoms with Crippen LogP contribution in [0.2, 0.25) is 0 Å². The van der Waals surface area contributed by atoms with E-state index in [-0.39, 0.29) is 6.03 Å². The van der Waals surface area contributed by atoms with E-state index in [1.54, 1.807) is 25.3 Å². The molecule has 19 heavy (non-hydrogen) atoms. The summed E-state index contributed by atoms with van der Waals surface area (Å²) in [5.74, 6) is -0.960. The number of hydrogen-bond donors (Lipinski definition) is 2. The fourth-order valence-corrected chi connectivity index (χ4v) is 2.28. The van der Waals surface area contributed by atoms with Crippen molar-refractivity contribution in [3.8, 4) is 0 Å². The SMILES string of the molecule is CC1(C(=O)O)CCCN1C(=O)NCc1ccccn1. The summed E-state index contributed by atoms with van der Waals surface area (Å²) in [5.41, 5.74) is -0.360. The Morgan fingerprint density at radius 2 is 2.32 bits per heavy atom. The number of carboxylic acids is 1. The number of nitrogens with zero attached hydrogens (tertiary/aromatic N) is 2. The van der Waals surface area contributed by atoms with E-state index in [2.05, 4.69) is 10.3 Å². The second kappa shape index (κ2) is 5.26. The zero-order valence-electron chi connectivity index (χ0n) is 10.8. The second-order valence-electron chi connectivity index (χ2n) is 4.81. The first kappa shape index (κ1) is 13.3. The number of hydrogen-bond acceptors (Lipinski definition) is 3. The smallest absolute Gasteiger partial charge is 0.329 e. The molecule has 0 spiro atoms. The summed E-state index contributed by atoms with van der Waals surface area (Å²) in [4.78, 5) is 28.8. The number of aliphatic carboxylic acids is 1. The highest BCUT2D eigenvalue weighted by Gasteiger charge is 2.45. The van der Waals surface area contributed by atoms with E-state index in [1.807, 2.05) is 6.07 Å². The molecule has 1 aromatic heterocycles. The summed E-state index contributed by atoms with van der Waals surface area (Å²) in [6, 6.07) is 5.09. The third kappa shape index (κ3) is 2.67. The maximum atomic E-state index is 12.1. The lowest BCUT2D eigenvalue weighted by Gasteiger charge is -2.31. The summed E-state index contributed by atoms with van der Waals surface area (Å²) in [7, 11) is 0. The van der Waals surface area contributed by atoms with Gasteiger partial charge in [-0.05, 0) is 31.9 Å². The van der Waals surface area contributed by atoms with Gasteiger partial charge < -0.3 is 15.3 Å². The van der Waals surface area contributed by atoms with Crippen molar-refractivity contribution in [2.24, 2.45) is 0 Å². The molecule has 6 heteroatoms. The molecule has 2 N–H and O–H groups in total. The maximum absolute atomic E-state index is 12.1. The van der Waals surface area contributed by atoms with E-state index >= 15 is 0 Å². The first-order chi connectivity index (χ1) is 9.04. The summed E-state index contributed by atoms with van der Waals surface area (Å²) in [6.45, 7) is 2.35. The van der Waals surface area contributed by atoms with Gasteiger partial charge in [-0.25, -0.2) is 9.59 Å². The molecule has 0 aromatic carbocycles. The summed E-state index contributed by atoms with van der Waals surface area (Å²) >= 11 is 0. The molecule has 1 fully saturated rings. The number of aromatic nitrogens is 1. The molecule has 0 bridgehead atoms. The molecule has 1 aliphatic rings. The summed E-state index contributed by atoms with van der Waals surface area (Å²) in [5, 5.41) is 12.0. The van der Waals surface area contributed by atoms with Crippen LogP contribution in [0, 0.1) is 0 Å². The number of carbonyl (C=O) groups excluding carboxylic acids is 1. The van der Waals surface area contributed by atoms with Crippen LogP contribution >= 0.6 is 0 Å². The van der Waals surface area contributed by atoms with Gasteiger partial charge in [0.2, 0.25) is 0 Å². The monoisotopic (exact) mass is 263 g/mol. The zero-order chi connectivity index (χ0) is 13.9. The minimum Gasteiger partial charge on any atom is -0.480 e. The Bertz CT molecular complexity index is 477. The van der Waals surface area contributed by atoms with Crippen LogP contribution in [0.3, 0.4) is 0 Å². The van der Waals surface area contributed by atoms with Gasteiger partial charge in [0.15, 0.2) is 0 Å². The summed E-state index contributed by atoms with van der Waals surface area (Å²) < 4.78 is 0. The Morgan fingerprint density at radius 3 is 2.95 bits per heavy atom. The average molecular weight is 263 g/mol. The first-order valence-electron chi connectivity index (χ1n) is 6.23. The van der Waals surface area contributed by atoms with Gasteiger partial charge in [-0.15, -0.1) is 0 Å². The molecule has 2 heterocycles. The highest BCUT2D eigenvalue weighted by atomic mass is 16.4. The van der Waals surface area contributed by atoms with Crippen molar-refractivity contribution < 1.29 is 14.7 Å². The second-order valence-corrected chi connectivity index (χ2v) is 4.81. The van der Waals surface area contributed by atoms with Crippen LogP contribution in [0.15, 0.2) is 24.4 Å². The van der Waals surface area contributed by atoms with Crippen molar-refractivity contribution in [2.45, 2.75) is 31.8 Å². The van der Waals surface area contributed by atoms with E-state index in [4.69, 9.17) is 0 Å². The van der Waals surface area contributed by atoms with Gasteiger partial charge in [-0.3, -0.25) is 4.98 Å². The molecule has 1 aromatic rings. The topological polar surface area (TPSA) is 82.5 Å². The Morgan fingerprint density at radius 1 is 1.53 bits per heavy atom. The van der Waals surface area contributed by atoms with Crippen LogP contribution in [-0.4, -0.2) is 39.1 Å². The molecule has 1 unspecified atom stereocenters. The predicted octanol–water partition coefficient (Wildman–Crippen LogP) is 1.23. The van der Waals surface area contributed by atoms with E-state index in [9.17, 15) is 14.7 Å². The molecule has 102 valence electrons. The normalized spacial score (nSPS) is 22.3. The van der Waals surface area contributed by atoms with Crippen molar-refractivity contribution in [3.05, 3.63) is 30.1 Å². The van der Waals surface area contributed by atoms with Gasteiger partial charge in [0, 0.05) is 12.7 Å². The minimum absolute atomic E-state index is 0.297. The molecule has 1 saturated heterocycles. The Balaban J connectivity index is 1.98. The van der Waals surface area contributed by atoms with Crippen molar-refractivity contribution in [2.75, 3.05) is 6.54 Å². The number of carbonyl (C=O) groups is 2. The van der Waals surface area contributed by atoms with Crippen LogP contribution in [0.25, 0.3) is 0 Å². The van der Waals surface area contributed by atoms with E-state index in [1.165, 1.54) is 4.90 Å². The van der Waals surface area contributed by atoms with Crippen LogP contribution in [0.4, 0.5) is 4.79 Å². The van der Waals surface area contributed by atoms with Gasteiger partial charge in [-0.1, -0.05) is 6.07 Å². The van der Waals surface area contributed by atoms with Crippen LogP contribution < -0.4 is 5.32 Å². The Hall–Kier alpha value is -2.11. The third-order valence-electron chi connectivity index (χ3n) is 3.49. The number of urea groups is 1. The van der Waals surface area contributed by atoms with Crippen molar-refractivity contribution >= 4 is 12.0 Å². The van der Waals surface area contributed by atoms with Crippen LogP contribution in [0.1, 0.15) is 25.5 Å². The van der Waals surface area contributed by atoms with E-state index in [0.717, 1.165) is 5.69 Å². The number of carboxylic acid groups (broad SMARTS) is 1. The first-order valence-corrected chi connectivity index (χ1v) is 6.23.